The van der Waals surface area contributed by atoms with E-state index < -0.39 is 9.84 Å². The number of aliphatic hydroxyl groups is 1. The second kappa shape index (κ2) is 9.38. The fourth-order valence-electron chi connectivity index (χ4n) is 5.20. The lowest BCUT2D eigenvalue weighted by molar-refractivity contribution is -0.120. The molecule has 1 heterocycles. The lowest BCUT2D eigenvalue weighted by Crippen LogP contribution is -2.20. The Bertz CT molecular complexity index is 1160. The Hall–Kier alpha value is -2.32. The number of benzene rings is 1. The maximum Gasteiger partial charge on any atom is 0.231 e. The van der Waals surface area contributed by atoms with Crippen molar-refractivity contribution in [1.82, 2.24) is 9.97 Å². The first kappa shape index (κ1) is 23.4. The van der Waals surface area contributed by atoms with Gasteiger partial charge in [-0.05, 0) is 80.4 Å². The third kappa shape index (κ3) is 5.03. The minimum absolute atomic E-state index is 0.0420. The SMILES string of the molecule is COc1cnc(CC(=O)[C@H](C[C@H]2CCC(O)C2)c2ccc(S(=O)(=O)C3CC3)c(C3CC3)c2)cn1. The number of hydrogen-bond donors (Lipinski definition) is 1. The first-order chi connectivity index (χ1) is 16.3. The molecule has 3 atom stereocenters. The summed E-state index contributed by atoms with van der Waals surface area (Å²) in [6.45, 7) is 0. The van der Waals surface area contributed by atoms with E-state index in [1.165, 1.54) is 13.3 Å². The van der Waals surface area contributed by atoms with Crippen molar-refractivity contribution in [3.63, 3.8) is 0 Å². The van der Waals surface area contributed by atoms with Crippen molar-refractivity contribution in [2.45, 2.75) is 85.9 Å². The quantitative estimate of drug-likeness (QED) is 0.547. The van der Waals surface area contributed by atoms with E-state index in [9.17, 15) is 18.3 Å². The first-order valence-electron chi connectivity index (χ1n) is 12.3. The number of carbonyl (C=O) groups excluding carboxylic acids is 1. The number of nitrogens with zero attached hydrogens (tertiary/aromatic N) is 2. The third-order valence-corrected chi connectivity index (χ3v) is 9.77. The van der Waals surface area contributed by atoms with Crippen molar-refractivity contribution in [1.29, 1.82) is 0 Å². The molecule has 1 unspecified atom stereocenters. The monoisotopic (exact) mass is 484 g/mol. The Morgan fingerprint density at radius 2 is 1.91 bits per heavy atom. The largest absolute Gasteiger partial charge is 0.480 e. The average Bonchev–Trinajstić information content (AvgIpc) is 3.75. The van der Waals surface area contributed by atoms with E-state index >= 15 is 0 Å². The molecule has 182 valence electrons. The van der Waals surface area contributed by atoms with Gasteiger partial charge in [0.2, 0.25) is 5.88 Å². The topological polar surface area (TPSA) is 106 Å². The average molecular weight is 485 g/mol. The van der Waals surface area contributed by atoms with Crippen molar-refractivity contribution >= 4 is 15.6 Å². The number of ketones is 1. The van der Waals surface area contributed by atoms with Crippen LogP contribution in [0.4, 0.5) is 0 Å². The highest BCUT2D eigenvalue weighted by Crippen LogP contribution is 2.47. The van der Waals surface area contributed by atoms with E-state index in [1.807, 2.05) is 12.1 Å². The van der Waals surface area contributed by atoms with Crippen LogP contribution in [0.15, 0.2) is 35.5 Å². The fraction of sp³-hybridized carbons (Fsp3) is 0.577. The highest BCUT2D eigenvalue weighted by atomic mass is 32.2. The van der Waals surface area contributed by atoms with Crippen LogP contribution in [0.25, 0.3) is 0 Å². The predicted octanol–water partition coefficient (Wildman–Crippen LogP) is 3.75. The number of carbonyl (C=O) groups is 1. The molecular formula is C26H32N2O5S. The second-order valence-corrected chi connectivity index (χ2v) is 12.3. The molecule has 1 aromatic carbocycles. The molecule has 3 saturated carbocycles. The summed E-state index contributed by atoms with van der Waals surface area (Å²) in [5.74, 6) is 0.606. The lowest BCUT2D eigenvalue weighted by Gasteiger charge is -2.22. The number of aliphatic hydroxyl groups excluding tert-OH is 1. The Morgan fingerprint density at radius 3 is 2.50 bits per heavy atom. The summed E-state index contributed by atoms with van der Waals surface area (Å²) < 4.78 is 31.2. The zero-order valence-corrected chi connectivity index (χ0v) is 20.3. The minimum atomic E-state index is -3.30. The summed E-state index contributed by atoms with van der Waals surface area (Å²) >= 11 is 0. The van der Waals surface area contributed by atoms with E-state index in [2.05, 4.69) is 9.97 Å². The molecule has 7 nitrogen and oxygen atoms in total. The van der Waals surface area contributed by atoms with Crippen molar-refractivity contribution in [2.75, 3.05) is 7.11 Å². The molecule has 2 aromatic rings. The van der Waals surface area contributed by atoms with Gasteiger partial charge in [-0.25, -0.2) is 13.4 Å². The molecule has 3 aliphatic rings. The zero-order valence-electron chi connectivity index (χ0n) is 19.5. The van der Waals surface area contributed by atoms with Crippen molar-refractivity contribution in [3.8, 4) is 5.88 Å². The molecule has 0 amide bonds. The van der Waals surface area contributed by atoms with Crippen LogP contribution in [-0.2, 0) is 21.1 Å². The standard InChI is InChI=1S/C26H32N2O5S/c1-33-26-15-27-19(14-28-26)13-24(30)22(11-16-2-6-20(29)10-16)18-5-9-25(23(12-18)17-3-4-17)34(31,32)21-7-8-21/h5,9,12,14-17,20-22,29H,2-4,6-8,10-11,13H2,1H3/t16-,20?,22+/m0/s1. The van der Waals surface area contributed by atoms with Crippen molar-refractivity contribution in [3.05, 3.63) is 47.4 Å². The van der Waals surface area contributed by atoms with Gasteiger partial charge >= 0.3 is 0 Å². The van der Waals surface area contributed by atoms with Crippen LogP contribution < -0.4 is 4.74 Å². The first-order valence-corrected chi connectivity index (χ1v) is 13.8. The number of ether oxygens (including phenoxy) is 1. The van der Waals surface area contributed by atoms with Gasteiger partial charge in [0.05, 0.1) is 47.9 Å². The van der Waals surface area contributed by atoms with Gasteiger partial charge < -0.3 is 9.84 Å². The number of sulfone groups is 1. The molecule has 1 aromatic heterocycles. The number of methoxy groups -OCH3 is 1. The molecule has 1 N–H and O–H groups in total. The highest BCUT2D eigenvalue weighted by molar-refractivity contribution is 7.92. The summed E-state index contributed by atoms with van der Waals surface area (Å²) in [5, 5.41) is 9.79. The normalized spacial score (nSPS) is 23.6. The molecule has 0 aliphatic heterocycles. The Balaban J connectivity index is 1.45. The zero-order chi connectivity index (χ0) is 23.9. The lowest BCUT2D eigenvalue weighted by atomic mass is 9.83. The molecule has 0 radical (unpaired) electrons. The van der Waals surface area contributed by atoms with Crippen LogP contribution in [0, 0.1) is 5.92 Å². The third-order valence-electron chi connectivity index (χ3n) is 7.44. The Kier molecular flexibility index (Phi) is 6.46. The summed E-state index contributed by atoms with van der Waals surface area (Å²) in [5.41, 5.74) is 2.35. The minimum Gasteiger partial charge on any atom is -0.480 e. The van der Waals surface area contributed by atoms with Crippen LogP contribution in [0.5, 0.6) is 5.88 Å². The maximum absolute atomic E-state index is 13.6. The van der Waals surface area contributed by atoms with Gasteiger partial charge in [0.15, 0.2) is 9.84 Å². The van der Waals surface area contributed by atoms with E-state index in [0.29, 0.717) is 29.3 Å². The summed E-state index contributed by atoms with van der Waals surface area (Å²) in [6, 6.07) is 5.57. The molecule has 8 heteroatoms. The van der Waals surface area contributed by atoms with Crippen molar-refractivity contribution < 1.29 is 23.1 Å². The number of rotatable bonds is 10. The van der Waals surface area contributed by atoms with Crippen LogP contribution in [0.2, 0.25) is 0 Å². The fourth-order valence-corrected chi connectivity index (χ4v) is 7.13. The predicted molar refractivity (Wildman–Crippen MR) is 127 cm³/mol. The van der Waals surface area contributed by atoms with E-state index in [1.54, 1.807) is 12.3 Å². The van der Waals surface area contributed by atoms with Gasteiger partial charge in [0, 0.05) is 5.92 Å². The van der Waals surface area contributed by atoms with Gasteiger partial charge in [0.25, 0.3) is 0 Å². The summed E-state index contributed by atoms with van der Waals surface area (Å²) in [6.07, 6.45) is 9.40. The smallest absolute Gasteiger partial charge is 0.231 e. The molecule has 3 fully saturated rings. The molecule has 0 spiro atoms. The van der Waals surface area contributed by atoms with Crippen LogP contribution in [0.3, 0.4) is 0 Å². The van der Waals surface area contributed by atoms with E-state index in [4.69, 9.17) is 4.74 Å². The molecule has 34 heavy (non-hydrogen) atoms. The van der Waals surface area contributed by atoms with Crippen LogP contribution >= 0.6 is 0 Å². The molecule has 0 saturated heterocycles. The maximum atomic E-state index is 13.6. The van der Waals surface area contributed by atoms with E-state index in [-0.39, 0.29) is 41.3 Å². The van der Waals surface area contributed by atoms with Gasteiger partial charge in [-0.2, -0.15) is 0 Å². The molecule has 5 rings (SSSR count). The summed E-state index contributed by atoms with van der Waals surface area (Å²) in [4.78, 5) is 22.5. The highest BCUT2D eigenvalue weighted by Gasteiger charge is 2.41. The number of aromatic nitrogens is 2. The second-order valence-electron chi connectivity index (χ2n) is 10.1. The summed E-state index contributed by atoms with van der Waals surface area (Å²) in [7, 11) is -1.78. The van der Waals surface area contributed by atoms with Gasteiger partial charge in [0.1, 0.15) is 5.78 Å². The Labute approximate surface area is 200 Å². The number of hydrogen-bond acceptors (Lipinski definition) is 7. The van der Waals surface area contributed by atoms with Crippen molar-refractivity contribution in [2.24, 2.45) is 5.92 Å². The Morgan fingerprint density at radius 1 is 1.12 bits per heavy atom. The number of Topliss-reactive ketones (excluding diaryl/α,β-unsaturated/α-hetero) is 1. The van der Waals surface area contributed by atoms with Gasteiger partial charge in [-0.15, -0.1) is 0 Å². The van der Waals surface area contributed by atoms with Crippen LogP contribution in [0.1, 0.15) is 80.0 Å². The molecular weight excluding hydrogens is 452 g/mol. The van der Waals surface area contributed by atoms with Crippen LogP contribution in [-0.4, -0.2) is 47.7 Å². The van der Waals surface area contributed by atoms with Gasteiger partial charge in [-0.3, -0.25) is 9.78 Å². The molecule has 0 bridgehead atoms. The van der Waals surface area contributed by atoms with E-state index in [0.717, 1.165) is 49.7 Å². The molecule has 3 aliphatic carbocycles. The van der Waals surface area contributed by atoms with Gasteiger partial charge in [-0.1, -0.05) is 12.1 Å².